The standard InChI is InChI=1S/C20H21NO5/c1-21(2)11-15-16(22)7-6-14-19(23)18(26-20(14)15)10-12-9-13(24-3)5-8-17(12)25-4/h5-10,22H,11H2,1-4H3/p+1. The molecule has 0 atom stereocenters. The van der Waals surface area contributed by atoms with Crippen molar-refractivity contribution in [1.82, 2.24) is 0 Å². The lowest BCUT2D eigenvalue weighted by atomic mass is 10.0. The molecular formula is C20H22NO5+. The number of ketones is 1. The zero-order chi connectivity index (χ0) is 18.8. The molecule has 0 aromatic heterocycles. The van der Waals surface area contributed by atoms with Gasteiger partial charge in [-0.3, -0.25) is 4.79 Å². The second kappa shape index (κ2) is 7.09. The fourth-order valence-electron chi connectivity index (χ4n) is 2.91. The SMILES string of the molecule is COc1ccc(OC)c(C=C2Oc3c(ccc(O)c3C[NH+](C)C)C2=O)c1. The molecule has 0 saturated carbocycles. The summed E-state index contributed by atoms with van der Waals surface area (Å²) in [5.41, 5.74) is 1.75. The number of phenols is 1. The van der Waals surface area contributed by atoms with Gasteiger partial charge in [-0.1, -0.05) is 0 Å². The monoisotopic (exact) mass is 356 g/mol. The lowest BCUT2D eigenvalue weighted by Crippen LogP contribution is -3.04. The smallest absolute Gasteiger partial charge is 0.231 e. The van der Waals surface area contributed by atoms with Crippen molar-refractivity contribution in [2.45, 2.75) is 6.54 Å². The number of ether oxygens (including phenoxy) is 3. The van der Waals surface area contributed by atoms with Crippen molar-refractivity contribution in [3.8, 4) is 23.0 Å². The molecule has 0 amide bonds. The predicted molar refractivity (Wildman–Crippen MR) is 97.1 cm³/mol. The number of quaternary nitrogens is 1. The average molecular weight is 356 g/mol. The van der Waals surface area contributed by atoms with Crippen LogP contribution in [0.2, 0.25) is 0 Å². The van der Waals surface area contributed by atoms with Gasteiger partial charge in [-0.15, -0.1) is 0 Å². The molecule has 2 N–H and O–H groups in total. The maximum absolute atomic E-state index is 12.8. The highest BCUT2D eigenvalue weighted by atomic mass is 16.5. The molecule has 0 spiro atoms. The minimum absolute atomic E-state index is 0.123. The molecule has 1 aliphatic heterocycles. The summed E-state index contributed by atoms with van der Waals surface area (Å²) in [5, 5.41) is 10.2. The first-order valence-corrected chi connectivity index (χ1v) is 8.24. The number of Topliss-reactive ketones (excluding diaryl/α,β-unsaturated/α-hetero) is 1. The van der Waals surface area contributed by atoms with Gasteiger partial charge in [-0.2, -0.15) is 0 Å². The first kappa shape index (κ1) is 17.8. The second-order valence-electron chi connectivity index (χ2n) is 6.37. The van der Waals surface area contributed by atoms with Gasteiger partial charge in [0.15, 0.2) is 11.5 Å². The molecule has 0 bridgehead atoms. The molecule has 2 aromatic rings. The van der Waals surface area contributed by atoms with Gasteiger partial charge in [0.1, 0.15) is 23.8 Å². The van der Waals surface area contributed by atoms with E-state index in [-0.39, 0.29) is 17.3 Å². The third-order valence-electron chi connectivity index (χ3n) is 4.17. The van der Waals surface area contributed by atoms with Crippen LogP contribution in [0.3, 0.4) is 0 Å². The van der Waals surface area contributed by atoms with E-state index in [0.29, 0.717) is 40.5 Å². The van der Waals surface area contributed by atoms with Gasteiger partial charge in [0, 0.05) is 5.56 Å². The molecule has 0 aliphatic carbocycles. The number of benzene rings is 2. The summed E-state index contributed by atoms with van der Waals surface area (Å²) in [6, 6.07) is 8.44. The van der Waals surface area contributed by atoms with Crippen LogP contribution in [0, 0.1) is 0 Å². The fraction of sp³-hybridized carbons (Fsp3) is 0.250. The number of hydrogen-bond acceptors (Lipinski definition) is 5. The van der Waals surface area contributed by atoms with Crippen LogP contribution in [0.1, 0.15) is 21.5 Å². The van der Waals surface area contributed by atoms with Crippen LogP contribution >= 0.6 is 0 Å². The molecular weight excluding hydrogens is 334 g/mol. The maximum Gasteiger partial charge on any atom is 0.231 e. The Bertz CT molecular complexity index is 886. The summed E-state index contributed by atoms with van der Waals surface area (Å²) < 4.78 is 16.4. The topological polar surface area (TPSA) is 69.4 Å². The Morgan fingerprint density at radius 1 is 1.15 bits per heavy atom. The Hall–Kier alpha value is -2.99. The molecule has 2 aromatic carbocycles. The summed E-state index contributed by atoms with van der Waals surface area (Å²) in [7, 11) is 7.07. The van der Waals surface area contributed by atoms with Gasteiger partial charge in [0.05, 0.1) is 39.4 Å². The molecule has 6 nitrogen and oxygen atoms in total. The van der Waals surface area contributed by atoms with Crippen molar-refractivity contribution < 1.29 is 29.0 Å². The number of carbonyl (C=O) groups excluding carboxylic acids is 1. The number of carbonyl (C=O) groups is 1. The Morgan fingerprint density at radius 3 is 2.58 bits per heavy atom. The summed E-state index contributed by atoms with van der Waals surface area (Å²) >= 11 is 0. The zero-order valence-corrected chi connectivity index (χ0v) is 15.3. The first-order chi connectivity index (χ1) is 12.4. The predicted octanol–water partition coefficient (Wildman–Crippen LogP) is 1.67. The number of allylic oxidation sites excluding steroid dienone is 1. The number of rotatable bonds is 5. The molecule has 3 rings (SSSR count). The third kappa shape index (κ3) is 3.23. The normalized spacial score (nSPS) is 14.5. The van der Waals surface area contributed by atoms with E-state index in [4.69, 9.17) is 14.2 Å². The largest absolute Gasteiger partial charge is 0.507 e. The van der Waals surface area contributed by atoms with Crippen molar-refractivity contribution in [3.05, 3.63) is 52.8 Å². The highest BCUT2D eigenvalue weighted by Gasteiger charge is 2.32. The van der Waals surface area contributed by atoms with Gasteiger partial charge in [-0.25, -0.2) is 0 Å². The third-order valence-corrected chi connectivity index (χ3v) is 4.17. The Morgan fingerprint density at radius 2 is 1.92 bits per heavy atom. The molecule has 26 heavy (non-hydrogen) atoms. The van der Waals surface area contributed by atoms with Gasteiger partial charge < -0.3 is 24.2 Å². The van der Waals surface area contributed by atoms with E-state index in [9.17, 15) is 9.90 Å². The van der Waals surface area contributed by atoms with Gasteiger partial charge in [0.2, 0.25) is 5.78 Å². The van der Waals surface area contributed by atoms with Crippen molar-refractivity contribution in [1.29, 1.82) is 0 Å². The van der Waals surface area contributed by atoms with Gasteiger partial charge in [-0.05, 0) is 36.4 Å². The van der Waals surface area contributed by atoms with Crippen molar-refractivity contribution in [2.75, 3.05) is 28.3 Å². The first-order valence-electron chi connectivity index (χ1n) is 8.24. The number of aromatic hydroxyl groups is 1. The van der Waals surface area contributed by atoms with Crippen LogP contribution < -0.4 is 19.1 Å². The minimum Gasteiger partial charge on any atom is -0.507 e. The summed E-state index contributed by atoms with van der Waals surface area (Å²) in [6.07, 6.45) is 1.63. The van der Waals surface area contributed by atoms with Crippen LogP contribution in [-0.2, 0) is 6.54 Å². The number of fused-ring (bicyclic) bond motifs is 1. The van der Waals surface area contributed by atoms with E-state index in [1.54, 1.807) is 44.6 Å². The molecule has 136 valence electrons. The van der Waals surface area contributed by atoms with Crippen LogP contribution in [0.25, 0.3) is 6.08 Å². The molecule has 0 unspecified atom stereocenters. The minimum atomic E-state index is -0.222. The highest BCUT2D eigenvalue weighted by molar-refractivity contribution is 6.15. The maximum atomic E-state index is 12.8. The fourth-order valence-corrected chi connectivity index (χ4v) is 2.91. The van der Waals surface area contributed by atoms with Crippen LogP contribution in [0.4, 0.5) is 0 Å². The number of methoxy groups -OCH3 is 2. The number of phenolic OH excluding ortho intramolecular Hbond substituents is 1. The molecule has 6 heteroatoms. The van der Waals surface area contributed by atoms with Crippen LogP contribution in [0.15, 0.2) is 36.1 Å². The van der Waals surface area contributed by atoms with Crippen molar-refractivity contribution in [3.63, 3.8) is 0 Å². The van der Waals surface area contributed by atoms with Crippen molar-refractivity contribution >= 4 is 11.9 Å². The van der Waals surface area contributed by atoms with Crippen LogP contribution in [0.5, 0.6) is 23.0 Å². The van der Waals surface area contributed by atoms with E-state index < -0.39 is 0 Å². The van der Waals surface area contributed by atoms with Gasteiger partial charge in [0.25, 0.3) is 0 Å². The van der Waals surface area contributed by atoms with E-state index >= 15 is 0 Å². The number of nitrogens with one attached hydrogen (secondary N) is 1. The highest BCUT2D eigenvalue weighted by Crippen LogP contribution is 2.39. The Balaban J connectivity index is 2.04. The van der Waals surface area contributed by atoms with E-state index in [0.717, 1.165) is 4.90 Å². The van der Waals surface area contributed by atoms with E-state index in [2.05, 4.69) is 0 Å². The summed E-state index contributed by atoms with van der Waals surface area (Å²) in [4.78, 5) is 13.9. The lowest BCUT2D eigenvalue weighted by molar-refractivity contribution is -0.872. The number of hydrogen-bond donors (Lipinski definition) is 2. The Labute approximate surface area is 152 Å². The van der Waals surface area contributed by atoms with Crippen molar-refractivity contribution in [2.24, 2.45) is 0 Å². The lowest BCUT2D eigenvalue weighted by Gasteiger charge is -2.12. The zero-order valence-electron chi connectivity index (χ0n) is 15.3. The van der Waals surface area contributed by atoms with Gasteiger partial charge >= 0.3 is 0 Å². The molecule has 1 aliphatic rings. The summed E-state index contributed by atoms with van der Waals surface area (Å²) in [5.74, 6) is 1.76. The summed E-state index contributed by atoms with van der Waals surface area (Å²) in [6.45, 7) is 0.540. The second-order valence-corrected chi connectivity index (χ2v) is 6.37. The molecule has 0 radical (unpaired) electrons. The average Bonchev–Trinajstić information content (AvgIpc) is 2.93. The van der Waals surface area contributed by atoms with E-state index in [1.807, 2.05) is 14.1 Å². The Kier molecular flexibility index (Phi) is 4.86. The van der Waals surface area contributed by atoms with E-state index in [1.165, 1.54) is 6.07 Å². The molecule has 1 heterocycles. The molecule has 0 fully saturated rings. The quantitative estimate of drug-likeness (QED) is 0.798. The van der Waals surface area contributed by atoms with Crippen LogP contribution in [-0.4, -0.2) is 39.2 Å². The molecule has 0 saturated heterocycles.